The van der Waals surface area contributed by atoms with Gasteiger partial charge >= 0.3 is 0 Å². The molecular weight excluding hydrogens is 229 g/mol. The molecule has 0 aliphatic rings. The normalized spacial score (nSPS) is 9.93. The summed E-state index contributed by atoms with van der Waals surface area (Å²) in [5, 5.41) is 10.7. The van der Waals surface area contributed by atoms with Gasteiger partial charge in [0, 0.05) is 6.07 Å². The van der Waals surface area contributed by atoms with Crippen molar-refractivity contribution in [2.24, 2.45) is 0 Å². The molecule has 14 heavy (non-hydrogen) atoms. The van der Waals surface area contributed by atoms with E-state index in [2.05, 4.69) is 0 Å². The summed E-state index contributed by atoms with van der Waals surface area (Å²) in [6, 6.07) is 2.27. The number of nitro benzene ring substituents is 1. The monoisotopic (exact) mass is 233 g/mol. The molecule has 1 aromatic carbocycles. The highest BCUT2D eigenvalue weighted by atomic mass is 35.5. The van der Waals surface area contributed by atoms with Crippen molar-refractivity contribution in [2.75, 3.05) is 0 Å². The second-order valence-electron chi connectivity index (χ2n) is 2.60. The van der Waals surface area contributed by atoms with Crippen molar-refractivity contribution in [3.05, 3.63) is 37.9 Å². The van der Waals surface area contributed by atoms with Crippen molar-refractivity contribution >= 4 is 34.7 Å². The second-order valence-corrected chi connectivity index (χ2v) is 3.41. The van der Waals surface area contributed by atoms with E-state index in [-0.39, 0.29) is 21.3 Å². The van der Waals surface area contributed by atoms with E-state index in [9.17, 15) is 14.9 Å². The lowest BCUT2D eigenvalue weighted by molar-refractivity contribution is -0.385. The second kappa shape index (κ2) is 3.94. The molecule has 0 spiro atoms. The number of hydrogen-bond acceptors (Lipinski definition) is 3. The Balaban J connectivity index is 3.46. The van der Waals surface area contributed by atoms with Gasteiger partial charge in [-0.05, 0) is 13.0 Å². The molecule has 0 unspecified atom stereocenters. The minimum Gasteiger partial charge on any atom is -0.294 e. The average Bonchev–Trinajstić information content (AvgIpc) is 2.08. The van der Waals surface area contributed by atoms with E-state index in [1.165, 1.54) is 13.0 Å². The largest absolute Gasteiger partial charge is 0.294 e. The van der Waals surface area contributed by atoms with Crippen LogP contribution in [0.1, 0.15) is 17.3 Å². The quantitative estimate of drug-likeness (QED) is 0.448. The van der Waals surface area contributed by atoms with Crippen molar-refractivity contribution < 1.29 is 9.72 Å². The van der Waals surface area contributed by atoms with Gasteiger partial charge in [0.25, 0.3) is 5.69 Å². The molecular formula is C8H5Cl2NO3. The zero-order valence-electron chi connectivity index (χ0n) is 7.08. The minimum atomic E-state index is -0.668. The van der Waals surface area contributed by atoms with Gasteiger partial charge in [-0.3, -0.25) is 14.9 Å². The van der Waals surface area contributed by atoms with E-state index in [1.54, 1.807) is 0 Å². The summed E-state index contributed by atoms with van der Waals surface area (Å²) in [6.07, 6.45) is 0. The fourth-order valence-electron chi connectivity index (χ4n) is 0.969. The molecule has 74 valence electrons. The molecule has 1 rings (SSSR count). The lowest BCUT2D eigenvalue weighted by Crippen LogP contribution is -2.00. The number of benzene rings is 1. The Labute approximate surface area is 89.6 Å². The van der Waals surface area contributed by atoms with Gasteiger partial charge in [0.2, 0.25) is 0 Å². The van der Waals surface area contributed by atoms with Crippen LogP contribution in [-0.2, 0) is 0 Å². The summed E-state index contributed by atoms with van der Waals surface area (Å²) in [6.45, 7) is 1.23. The Morgan fingerprint density at radius 1 is 1.36 bits per heavy atom. The Morgan fingerprint density at radius 2 is 1.86 bits per heavy atom. The van der Waals surface area contributed by atoms with Crippen LogP contribution in [0.4, 0.5) is 5.69 Å². The number of carbonyl (C=O) groups excluding carboxylic acids is 1. The molecule has 0 heterocycles. The Kier molecular flexibility index (Phi) is 3.08. The molecule has 0 aromatic heterocycles. The molecule has 0 saturated carbocycles. The number of nitro groups is 1. The van der Waals surface area contributed by atoms with Gasteiger partial charge in [0.15, 0.2) is 5.78 Å². The fourth-order valence-corrected chi connectivity index (χ4v) is 1.29. The van der Waals surface area contributed by atoms with Crippen LogP contribution < -0.4 is 0 Å². The van der Waals surface area contributed by atoms with E-state index in [0.29, 0.717) is 0 Å². The Morgan fingerprint density at radius 3 is 2.29 bits per heavy atom. The average molecular weight is 234 g/mol. The summed E-state index contributed by atoms with van der Waals surface area (Å²) >= 11 is 11.2. The van der Waals surface area contributed by atoms with Crippen LogP contribution in [0.25, 0.3) is 0 Å². The van der Waals surface area contributed by atoms with E-state index >= 15 is 0 Å². The molecule has 0 radical (unpaired) electrons. The third-order valence-electron chi connectivity index (χ3n) is 1.61. The molecule has 0 atom stereocenters. The first-order valence-corrected chi connectivity index (χ1v) is 4.33. The van der Waals surface area contributed by atoms with Crippen molar-refractivity contribution in [3.8, 4) is 0 Å². The molecule has 0 aliphatic carbocycles. The zero-order chi connectivity index (χ0) is 10.9. The third kappa shape index (κ3) is 2.02. The number of halogens is 2. The van der Waals surface area contributed by atoms with E-state index < -0.39 is 10.7 Å². The lowest BCUT2D eigenvalue weighted by Gasteiger charge is -2.01. The van der Waals surface area contributed by atoms with Gasteiger partial charge in [-0.15, -0.1) is 0 Å². The van der Waals surface area contributed by atoms with Crippen molar-refractivity contribution in [3.63, 3.8) is 0 Å². The maximum Gasteiger partial charge on any atom is 0.281 e. The summed E-state index contributed by atoms with van der Waals surface area (Å²) < 4.78 is 0. The van der Waals surface area contributed by atoms with Crippen LogP contribution in [-0.4, -0.2) is 10.7 Å². The van der Waals surface area contributed by atoms with Crippen LogP contribution in [0, 0.1) is 10.1 Å². The highest BCUT2D eigenvalue weighted by Gasteiger charge is 2.19. The number of hydrogen-bond donors (Lipinski definition) is 0. The number of carbonyl (C=O) groups is 1. The highest BCUT2D eigenvalue weighted by Crippen LogP contribution is 2.30. The van der Waals surface area contributed by atoms with Crippen LogP contribution in [0.5, 0.6) is 0 Å². The molecule has 4 nitrogen and oxygen atoms in total. The van der Waals surface area contributed by atoms with Gasteiger partial charge in [-0.1, -0.05) is 23.2 Å². The van der Waals surface area contributed by atoms with Gasteiger partial charge in [0.05, 0.1) is 20.5 Å². The SMILES string of the molecule is CC(=O)c1cc(Cl)c(Cl)cc1[N+](=O)[O-]. The topological polar surface area (TPSA) is 60.2 Å². The van der Waals surface area contributed by atoms with Gasteiger partial charge in [-0.2, -0.15) is 0 Å². The van der Waals surface area contributed by atoms with Gasteiger partial charge in [-0.25, -0.2) is 0 Å². The molecule has 6 heteroatoms. The molecule has 0 N–H and O–H groups in total. The molecule has 0 fully saturated rings. The highest BCUT2D eigenvalue weighted by molar-refractivity contribution is 6.42. The van der Waals surface area contributed by atoms with Crippen molar-refractivity contribution in [2.45, 2.75) is 6.92 Å². The summed E-state index contributed by atoms with van der Waals surface area (Å²) in [4.78, 5) is 20.9. The zero-order valence-corrected chi connectivity index (χ0v) is 8.59. The molecule has 0 aliphatic heterocycles. The fraction of sp³-hybridized carbons (Fsp3) is 0.125. The maximum absolute atomic E-state index is 11.0. The minimum absolute atomic E-state index is 0.0376. The van der Waals surface area contributed by atoms with Crippen molar-refractivity contribution in [1.82, 2.24) is 0 Å². The number of nitrogens with zero attached hydrogens (tertiary/aromatic N) is 1. The van der Waals surface area contributed by atoms with E-state index in [0.717, 1.165) is 6.07 Å². The number of Topliss-reactive ketones (excluding diaryl/α,β-unsaturated/α-hetero) is 1. The van der Waals surface area contributed by atoms with Crippen LogP contribution in [0.2, 0.25) is 10.0 Å². The Bertz CT molecular complexity index is 378. The smallest absolute Gasteiger partial charge is 0.281 e. The predicted octanol–water partition coefficient (Wildman–Crippen LogP) is 3.10. The summed E-state index contributed by atoms with van der Waals surface area (Å²) in [5.74, 6) is -0.421. The number of rotatable bonds is 2. The summed E-state index contributed by atoms with van der Waals surface area (Å²) in [5.41, 5.74) is -0.365. The molecule has 0 saturated heterocycles. The van der Waals surface area contributed by atoms with Gasteiger partial charge in [0.1, 0.15) is 0 Å². The van der Waals surface area contributed by atoms with Crippen LogP contribution in [0.15, 0.2) is 12.1 Å². The first kappa shape index (κ1) is 10.9. The first-order chi connectivity index (χ1) is 6.43. The predicted molar refractivity (Wildman–Crippen MR) is 53.1 cm³/mol. The number of ketones is 1. The van der Waals surface area contributed by atoms with Crippen molar-refractivity contribution in [1.29, 1.82) is 0 Å². The maximum atomic E-state index is 11.0. The van der Waals surface area contributed by atoms with E-state index in [1.807, 2.05) is 0 Å². The standard InChI is InChI=1S/C8H5Cl2NO3/c1-4(12)5-2-6(9)7(10)3-8(5)11(13)14/h2-3H,1H3. The first-order valence-electron chi connectivity index (χ1n) is 3.58. The van der Waals surface area contributed by atoms with E-state index in [4.69, 9.17) is 23.2 Å². The summed E-state index contributed by atoms with van der Waals surface area (Å²) in [7, 11) is 0. The molecule has 0 bridgehead atoms. The van der Waals surface area contributed by atoms with Crippen LogP contribution in [0.3, 0.4) is 0 Å². The lowest BCUT2D eigenvalue weighted by atomic mass is 10.1. The third-order valence-corrected chi connectivity index (χ3v) is 2.34. The van der Waals surface area contributed by atoms with Gasteiger partial charge < -0.3 is 0 Å². The van der Waals surface area contributed by atoms with Crippen LogP contribution >= 0.6 is 23.2 Å². The molecule has 1 aromatic rings. The Hall–Kier alpha value is -1.13. The molecule has 0 amide bonds.